The Kier molecular flexibility index (Phi) is 6.26. The van der Waals surface area contributed by atoms with Crippen LogP contribution in [0.3, 0.4) is 0 Å². The number of methoxy groups -OCH3 is 1. The summed E-state index contributed by atoms with van der Waals surface area (Å²) in [6.07, 6.45) is 4.86. The van der Waals surface area contributed by atoms with Crippen molar-refractivity contribution in [2.75, 3.05) is 51.3 Å². The Morgan fingerprint density at radius 2 is 1.78 bits per heavy atom. The topological polar surface area (TPSA) is 67.3 Å². The molecule has 2 fully saturated rings. The van der Waals surface area contributed by atoms with E-state index >= 15 is 0 Å². The highest BCUT2D eigenvalue weighted by Gasteiger charge is 2.46. The van der Waals surface area contributed by atoms with E-state index in [1.165, 1.54) is 6.42 Å². The molecule has 1 spiro atoms. The summed E-state index contributed by atoms with van der Waals surface area (Å²) in [6.45, 7) is 5.82. The van der Waals surface area contributed by atoms with Crippen LogP contribution in [0.2, 0.25) is 0 Å². The van der Waals surface area contributed by atoms with Gasteiger partial charge in [0.25, 0.3) is 0 Å². The predicted octanol–water partition coefficient (Wildman–Crippen LogP) is 3.58. The summed E-state index contributed by atoms with van der Waals surface area (Å²) in [5.74, 6) is 0.288. The van der Waals surface area contributed by atoms with Gasteiger partial charge in [-0.05, 0) is 25.0 Å². The van der Waals surface area contributed by atoms with Crippen LogP contribution in [0.25, 0.3) is 11.3 Å². The molecule has 1 aliphatic carbocycles. The first-order valence-corrected chi connectivity index (χ1v) is 12.4. The number of aromatic nitrogens is 1. The quantitative estimate of drug-likeness (QED) is 0.622. The summed E-state index contributed by atoms with van der Waals surface area (Å²) >= 11 is 1.69. The van der Waals surface area contributed by atoms with Crippen molar-refractivity contribution in [3.8, 4) is 11.3 Å². The third-order valence-electron chi connectivity index (χ3n) is 6.74. The molecular weight excluding hydrogens is 424 g/mol. The Bertz CT molecular complexity index is 973. The number of esters is 1. The van der Waals surface area contributed by atoms with Gasteiger partial charge < -0.3 is 14.4 Å². The molecule has 0 radical (unpaired) electrons. The van der Waals surface area contributed by atoms with Crippen LogP contribution in [0.5, 0.6) is 0 Å². The molecule has 0 atom stereocenters. The van der Waals surface area contributed by atoms with Crippen molar-refractivity contribution in [3.05, 3.63) is 35.2 Å². The minimum Gasteiger partial charge on any atom is -0.405 e. The number of ether oxygens (including phenoxy) is 2. The van der Waals surface area contributed by atoms with Gasteiger partial charge >= 0.3 is 5.97 Å². The van der Waals surface area contributed by atoms with Gasteiger partial charge in [0, 0.05) is 56.3 Å². The van der Waals surface area contributed by atoms with Crippen LogP contribution in [0.1, 0.15) is 37.7 Å². The molecular formula is C24H30N4O3S. The molecule has 170 valence electrons. The molecule has 8 heteroatoms. The molecule has 2 aliphatic heterocycles. The first-order valence-electron chi connectivity index (χ1n) is 11.5. The number of nitrogens with zero attached hydrogens (tertiary/aromatic N) is 4. The van der Waals surface area contributed by atoms with Crippen molar-refractivity contribution in [3.63, 3.8) is 0 Å². The molecule has 1 saturated carbocycles. The van der Waals surface area contributed by atoms with Crippen LogP contribution < -0.4 is 4.90 Å². The fourth-order valence-corrected chi connectivity index (χ4v) is 5.62. The number of benzene rings is 1. The molecule has 1 saturated heterocycles. The summed E-state index contributed by atoms with van der Waals surface area (Å²) in [5, 5.41) is 3.19. The summed E-state index contributed by atoms with van der Waals surface area (Å²) < 4.78 is 10.8. The third kappa shape index (κ3) is 4.31. The van der Waals surface area contributed by atoms with Gasteiger partial charge in [-0.15, -0.1) is 11.3 Å². The highest BCUT2D eigenvalue weighted by Crippen LogP contribution is 2.37. The van der Waals surface area contributed by atoms with E-state index in [2.05, 4.69) is 15.2 Å². The van der Waals surface area contributed by atoms with Crippen LogP contribution in [0.15, 0.2) is 34.6 Å². The van der Waals surface area contributed by atoms with Crippen LogP contribution >= 0.6 is 11.3 Å². The normalized spacial score (nSPS) is 21.1. The first-order chi connectivity index (χ1) is 15.7. The van der Waals surface area contributed by atoms with Crippen LogP contribution in [-0.2, 0) is 14.3 Å². The van der Waals surface area contributed by atoms with Gasteiger partial charge in [-0.3, -0.25) is 4.90 Å². The fourth-order valence-electron chi connectivity index (χ4n) is 4.73. The lowest BCUT2D eigenvalue weighted by atomic mass is 9.83. The second-order valence-corrected chi connectivity index (χ2v) is 9.65. The van der Waals surface area contributed by atoms with Crippen molar-refractivity contribution in [1.82, 2.24) is 9.88 Å². The van der Waals surface area contributed by atoms with Crippen molar-refractivity contribution in [2.24, 2.45) is 4.99 Å². The molecule has 7 nitrogen and oxygen atoms in total. The maximum absolute atomic E-state index is 12.5. The van der Waals surface area contributed by atoms with E-state index in [0.29, 0.717) is 5.90 Å². The largest absolute Gasteiger partial charge is 0.405 e. The number of thiazole rings is 1. The molecule has 0 unspecified atom stereocenters. The maximum atomic E-state index is 12.5. The standard InChI is InChI=1S/C24H30N4O3S/c1-30-16-15-27-11-13-28(14-12-27)23-25-20(17-32-23)18-5-7-19(8-6-18)21-26-24(22(29)31-21)9-3-2-4-10-24/h5-8,17H,2-4,9-16H2,1H3. The van der Waals surface area contributed by atoms with Gasteiger partial charge in [0.2, 0.25) is 5.90 Å². The van der Waals surface area contributed by atoms with E-state index in [4.69, 9.17) is 19.5 Å². The highest BCUT2D eigenvalue weighted by atomic mass is 32.1. The Morgan fingerprint density at radius 1 is 1.06 bits per heavy atom. The van der Waals surface area contributed by atoms with Gasteiger partial charge in [-0.25, -0.2) is 14.8 Å². The van der Waals surface area contributed by atoms with Crippen molar-refractivity contribution in [1.29, 1.82) is 0 Å². The number of carbonyl (C=O) groups excluding carboxylic acids is 1. The number of hydrogen-bond acceptors (Lipinski definition) is 8. The van der Waals surface area contributed by atoms with Crippen molar-refractivity contribution < 1.29 is 14.3 Å². The van der Waals surface area contributed by atoms with Crippen LogP contribution in [0, 0.1) is 0 Å². The molecule has 3 heterocycles. The van der Waals surface area contributed by atoms with E-state index in [1.54, 1.807) is 18.4 Å². The van der Waals surface area contributed by atoms with E-state index in [0.717, 1.165) is 87.0 Å². The second kappa shape index (κ2) is 9.29. The van der Waals surface area contributed by atoms with Crippen LogP contribution in [-0.4, -0.2) is 73.7 Å². The zero-order valence-electron chi connectivity index (χ0n) is 18.6. The third-order valence-corrected chi connectivity index (χ3v) is 7.64. The number of cyclic esters (lactones) is 1. The van der Waals surface area contributed by atoms with E-state index in [-0.39, 0.29) is 5.97 Å². The Balaban J connectivity index is 1.24. The van der Waals surface area contributed by atoms with Gasteiger partial charge in [-0.2, -0.15) is 0 Å². The van der Waals surface area contributed by atoms with Gasteiger partial charge in [0.15, 0.2) is 10.7 Å². The minimum atomic E-state index is -0.635. The lowest BCUT2D eigenvalue weighted by Crippen LogP contribution is -2.47. The second-order valence-electron chi connectivity index (χ2n) is 8.81. The van der Waals surface area contributed by atoms with E-state index < -0.39 is 5.54 Å². The number of carbonyl (C=O) groups is 1. The zero-order chi connectivity index (χ0) is 22.0. The molecule has 3 aliphatic rings. The molecule has 5 rings (SSSR count). The zero-order valence-corrected chi connectivity index (χ0v) is 19.4. The Labute approximate surface area is 193 Å². The van der Waals surface area contributed by atoms with E-state index in [1.807, 2.05) is 24.3 Å². The average Bonchev–Trinajstić information content (AvgIpc) is 3.45. The first kappa shape index (κ1) is 21.6. The van der Waals surface area contributed by atoms with Gasteiger partial charge in [-0.1, -0.05) is 31.4 Å². The lowest BCUT2D eigenvalue weighted by Gasteiger charge is -2.34. The smallest absolute Gasteiger partial charge is 0.340 e. The molecule has 0 N–H and O–H groups in total. The highest BCUT2D eigenvalue weighted by molar-refractivity contribution is 7.14. The minimum absolute atomic E-state index is 0.178. The molecule has 2 aromatic rings. The summed E-state index contributed by atoms with van der Waals surface area (Å²) in [5.41, 5.74) is 2.26. The number of anilines is 1. The molecule has 0 amide bonds. The maximum Gasteiger partial charge on any atom is 0.340 e. The molecule has 1 aromatic carbocycles. The molecule has 32 heavy (non-hydrogen) atoms. The molecule has 1 aromatic heterocycles. The summed E-state index contributed by atoms with van der Waals surface area (Å²) in [7, 11) is 1.75. The summed E-state index contributed by atoms with van der Waals surface area (Å²) in [4.78, 5) is 26.9. The predicted molar refractivity (Wildman–Crippen MR) is 127 cm³/mol. The Hall–Kier alpha value is -2.29. The SMILES string of the molecule is COCCN1CCN(c2nc(-c3ccc(C4=NC5(CCCCC5)C(=O)O4)cc3)cs2)CC1. The average molecular weight is 455 g/mol. The lowest BCUT2D eigenvalue weighted by molar-refractivity contribution is -0.140. The number of piperazine rings is 1. The monoisotopic (exact) mass is 454 g/mol. The fraction of sp³-hybridized carbons (Fsp3) is 0.542. The van der Waals surface area contributed by atoms with Gasteiger partial charge in [0.05, 0.1) is 12.3 Å². The van der Waals surface area contributed by atoms with Gasteiger partial charge in [0.1, 0.15) is 0 Å². The van der Waals surface area contributed by atoms with Crippen molar-refractivity contribution in [2.45, 2.75) is 37.6 Å². The number of aliphatic imine (C=N–C) groups is 1. The van der Waals surface area contributed by atoms with Crippen LogP contribution in [0.4, 0.5) is 5.13 Å². The van der Waals surface area contributed by atoms with E-state index in [9.17, 15) is 4.79 Å². The number of rotatable bonds is 6. The number of hydrogen-bond donors (Lipinski definition) is 0. The summed E-state index contributed by atoms with van der Waals surface area (Å²) in [6, 6.07) is 8.05. The molecule has 0 bridgehead atoms. The Morgan fingerprint density at radius 3 is 2.50 bits per heavy atom. The van der Waals surface area contributed by atoms with Crippen molar-refractivity contribution >= 4 is 28.3 Å².